The van der Waals surface area contributed by atoms with Crippen LogP contribution in [0.3, 0.4) is 0 Å². The SMILES string of the molecule is CCOC(=O)C[C@H]1C=CC(=O)[C@H]1CNC(=O)OCc1ccccc1. The Morgan fingerprint density at radius 3 is 2.62 bits per heavy atom. The van der Waals surface area contributed by atoms with E-state index in [1.807, 2.05) is 30.3 Å². The van der Waals surface area contributed by atoms with E-state index in [-0.39, 0.29) is 37.2 Å². The quantitative estimate of drug-likeness (QED) is 0.775. The Kier molecular flexibility index (Phi) is 6.54. The van der Waals surface area contributed by atoms with Crippen LogP contribution in [0.1, 0.15) is 18.9 Å². The van der Waals surface area contributed by atoms with Crippen molar-refractivity contribution in [3.63, 3.8) is 0 Å². The van der Waals surface area contributed by atoms with Gasteiger partial charge in [0.1, 0.15) is 6.61 Å². The summed E-state index contributed by atoms with van der Waals surface area (Å²) in [5.41, 5.74) is 0.881. The summed E-state index contributed by atoms with van der Waals surface area (Å²) in [4.78, 5) is 35.2. The molecular formula is C18H21NO5. The Bertz CT molecular complexity index is 611. The molecule has 24 heavy (non-hydrogen) atoms. The van der Waals surface area contributed by atoms with Gasteiger partial charge < -0.3 is 14.8 Å². The van der Waals surface area contributed by atoms with Gasteiger partial charge in [-0.25, -0.2) is 4.79 Å². The number of hydrogen-bond acceptors (Lipinski definition) is 5. The summed E-state index contributed by atoms with van der Waals surface area (Å²) in [6.07, 6.45) is 2.68. The summed E-state index contributed by atoms with van der Waals surface area (Å²) in [6.45, 7) is 2.33. The number of benzene rings is 1. The minimum atomic E-state index is -0.589. The Balaban J connectivity index is 1.77. The van der Waals surface area contributed by atoms with Crippen LogP contribution in [-0.2, 0) is 25.7 Å². The summed E-state index contributed by atoms with van der Waals surface area (Å²) < 4.78 is 10.0. The van der Waals surface area contributed by atoms with Gasteiger partial charge >= 0.3 is 12.1 Å². The molecule has 0 saturated heterocycles. The van der Waals surface area contributed by atoms with Gasteiger partial charge in [-0.15, -0.1) is 0 Å². The van der Waals surface area contributed by atoms with Crippen LogP contribution in [0.5, 0.6) is 0 Å². The van der Waals surface area contributed by atoms with Crippen LogP contribution in [0.4, 0.5) is 4.79 Å². The van der Waals surface area contributed by atoms with Crippen LogP contribution in [0.15, 0.2) is 42.5 Å². The van der Waals surface area contributed by atoms with Crippen LogP contribution >= 0.6 is 0 Å². The van der Waals surface area contributed by atoms with E-state index in [4.69, 9.17) is 9.47 Å². The van der Waals surface area contributed by atoms with Crippen molar-refractivity contribution in [2.45, 2.75) is 20.0 Å². The third-order valence-corrected chi connectivity index (χ3v) is 3.78. The van der Waals surface area contributed by atoms with Crippen molar-refractivity contribution in [2.75, 3.05) is 13.2 Å². The van der Waals surface area contributed by atoms with E-state index in [0.717, 1.165) is 5.56 Å². The molecule has 1 aliphatic rings. The van der Waals surface area contributed by atoms with Crippen LogP contribution in [0.2, 0.25) is 0 Å². The van der Waals surface area contributed by atoms with Gasteiger partial charge in [0, 0.05) is 12.5 Å². The first-order valence-electron chi connectivity index (χ1n) is 7.92. The second-order valence-corrected chi connectivity index (χ2v) is 5.48. The van der Waals surface area contributed by atoms with Gasteiger partial charge in [-0.1, -0.05) is 36.4 Å². The van der Waals surface area contributed by atoms with Gasteiger partial charge in [0.05, 0.1) is 13.0 Å². The number of carbonyl (C=O) groups excluding carboxylic acids is 3. The first kappa shape index (κ1) is 17.7. The Hall–Kier alpha value is -2.63. The third kappa shape index (κ3) is 5.22. The molecule has 0 aromatic heterocycles. The van der Waals surface area contributed by atoms with Crippen molar-refractivity contribution in [1.29, 1.82) is 0 Å². The van der Waals surface area contributed by atoms with E-state index < -0.39 is 12.0 Å². The maximum atomic E-state index is 11.9. The maximum Gasteiger partial charge on any atom is 0.407 e. The number of allylic oxidation sites excluding steroid dienone is 2. The number of rotatable bonds is 7. The monoisotopic (exact) mass is 331 g/mol. The number of nitrogens with one attached hydrogen (secondary N) is 1. The zero-order valence-corrected chi connectivity index (χ0v) is 13.6. The van der Waals surface area contributed by atoms with Crippen molar-refractivity contribution < 1.29 is 23.9 Å². The van der Waals surface area contributed by atoms with Gasteiger partial charge in [-0.05, 0) is 24.5 Å². The summed E-state index contributed by atoms with van der Waals surface area (Å²) in [5.74, 6) is -1.17. The molecule has 0 spiro atoms. The van der Waals surface area contributed by atoms with Gasteiger partial charge in [0.15, 0.2) is 5.78 Å². The average molecular weight is 331 g/mol. The lowest BCUT2D eigenvalue weighted by Gasteiger charge is -2.17. The first-order chi connectivity index (χ1) is 11.6. The first-order valence-corrected chi connectivity index (χ1v) is 7.92. The molecular weight excluding hydrogens is 310 g/mol. The zero-order valence-electron chi connectivity index (χ0n) is 13.6. The van der Waals surface area contributed by atoms with Crippen molar-refractivity contribution in [3.05, 3.63) is 48.0 Å². The summed E-state index contributed by atoms with van der Waals surface area (Å²) >= 11 is 0. The van der Waals surface area contributed by atoms with Crippen LogP contribution < -0.4 is 5.32 Å². The normalized spacial score (nSPS) is 19.1. The number of amides is 1. The van der Waals surface area contributed by atoms with E-state index in [2.05, 4.69) is 5.32 Å². The molecule has 0 aliphatic heterocycles. The third-order valence-electron chi connectivity index (χ3n) is 3.78. The van der Waals surface area contributed by atoms with E-state index in [1.54, 1.807) is 13.0 Å². The van der Waals surface area contributed by atoms with Crippen LogP contribution in [0, 0.1) is 11.8 Å². The Morgan fingerprint density at radius 1 is 1.17 bits per heavy atom. The summed E-state index contributed by atoms with van der Waals surface area (Å²) in [5, 5.41) is 2.59. The average Bonchev–Trinajstić information content (AvgIpc) is 2.92. The van der Waals surface area contributed by atoms with Crippen LogP contribution in [-0.4, -0.2) is 31.0 Å². The maximum absolute atomic E-state index is 11.9. The minimum absolute atomic E-state index is 0.104. The molecule has 2 atom stereocenters. The second-order valence-electron chi connectivity index (χ2n) is 5.48. The Labute approximate surface area is 140 Å². The second kappa shape index (κ2) is 8.86. The molecule has 1 amide bonds. The molecule has 1 N–H and O–H groups in total. The fourth-order valence-electron chi connectivity index (χ4n) is 2.53. The highest BCUT2D eigenvalue weighted by atomic mass is 16.5. The topological polar surface area (TPSA) is 81.7 Å². The molecule has 0 fully saturated rings. The number of carbonyl (C=O) groups is 3. The highest BCUT2D eigenvalue weighted by molar-refractivity contribution is 5.95. The largest absolute Gasteiger partial charge is 0.466 e. The standard InChI is InChI=1S/C18H21NO5/c1-2-23-17(21)10-14-8-9-16(20)15(14)11-19-18(22)24-12-13-6-4-3-5-7-13/h3-9,14-15H,2,10-12H2,1H3,(H,19,22)/t14-,15+/m1/s1. The van der Waals surface area contributed by atoms with Crippen molar-refractivity contribution in [3.8, 4) is 0 Å². The smallest absolute Gasteiger partial charge is 0.407 e. The lowest BCUT2D eigenvalue weighted by molar-refractivity contribution is -0.144. The molecule has 6 nitrogen and oxygen atoms in total. The van der Waals surface area contributed by atoms with Crippen molar-refractivity contribution >= 4 is 17.8 Å². The molecule has 2 rings (SSSR count). The lowest BCUT2D eigenvalue weighted by atomic mass is 9.92. The number of alkyl carbamates (subject to hydrolysis) is 1. The number of ketones is 1. The molecule has 6 heteroatoms. The minimum Gasteiger partial charge on any atom is -0.466 e. The predicted octanol–water partition coefficient (Wildman–Crippen LogP) is 2.24. The van der Waals surface area contributed by atoms with Gasteiger partial charge in [-0.2, -0.15) is 0 Å². The van der Waals surface area contributed by atoms with Crippen molar-refractivity contribution in [2.24, 2.45) is 11.8 Å². The van der Waals surface area contributed by atoms with E-state index >= 15 is 0 Å². The predicted molar refractivity (Wildman–Crippen MR) is 87.0 cm³/mol. The molecule has 1 aromatic rings. The highest BCUT2D eigenvalue weighted by Crippen LogP contribution is 2.25. The fourth-order valence-corrected chi connectivity index (χ4v) is 2.53. The molecule has 1 aliphatic carbocycles. The van der Waals surface area contributed by atoms with E-state index in [9.17, 15) is 14.4 Å². The Morgan fingerprint density at radius 2 is 1.92 bits per heavy atom. The molecule has 0 unspecified atom stereocenters. The van der Waals surface area contributed by atoms with Gasteiger partial charge in [-0.3, -0.25) is 9.59 Å². The van der Waals surface area contributed by atoms with Crippen molar-refractivity contribution in [1.82, 2.24) is 5.32 Å². The summed E-state index contributed by atoms with van der Waals surface area (Å²) in [7, 11) is 0. The molecule has 1 aromatic carbocycles. The van der Waals surface area contributed by atoms with Crippen LogP contribution in [0.25, 0.3) is 0 Å². The van der Waals surface area contributed by atoms with E-state index in [0.29, 0.717) is 6.61 Å². The van der Waals surface area contributed by atoms with E-state index in [1.165, 1.54) is 6.08 Å². The van der Waals surface area contributed by atoms with Gasteiger partial charge in [0.25, 0.3) is 0 Å². The molecule has 0 saturated carbocycles. The summed E-state index contributed by atoms with van der Waals surface area (Å²) in [6, 6.07) is 9.31. The molecule has 0 radical (unpaired) electrons. The lowest BCUT2D eigenvalue weighted by Crippen LogP contribution is -2.35. The number of esters is 1. The molecule has 0 heterocycles. The number of ether oxygens (including phenoxy) is 2. The molecule has 128 valence electrons. The zero-order chi connectivity index (χ0) is 17.4. The number of hydrogen-bond donors (Lipinski definition) is 1. The highest BCUT2D eigenvalue weighted by Gasteiger charge is 2.32. The van der Waals surface area contributed by atoms with Gasteiger partial charge in [0.2, 0.25) is 0 Å². The molecule has 0 bridgehead atoms. The fraction of sp³-hybridized carbons (Fsp3) is 0.389.